The van der Waals surface area contributed by atoms with Gasteiger partial charge in [-0.15, -0.1) is 35.1 Å². The molecule has 3 heterocycles. The third-order valence-electron chi connectivity index (χ3n) is 3.44. The van der Waals surface area contributed by atoms with Crippen LogP contribution in [-0.2, 0) is 17.8 Å². The van der Waals surface area contributed by atoms with Crippen molar-refractivity contribution in [3.05, 3.63) is 26.9 Å². The van der Waals surface area contributed by atoms with E-state index in [0.29, 0.717) is 6.54 Å². The zero-order chi connectivity index (χ0) is 14.3. The molecule has 0 aromatic carbocycles. The maximum Gasteiger partial charge on any atom is 0.239 e. The molecule has 1 aliphatic heterocycles. The van der Waals surface area contributed by atoms with Crippen LogP contribution in [0.15, 0.2) is 11.4 Å². The Balaban J connectivity index is 0.00000161. The average Bonchev–Trinajstić information content (AvgIpc) is 3.02. The highest BCUT2D eigenvalue weighted by Crippen LogP contribution is 2.35. The fraction of sp³-hybridized carbons (Fsp3) is 0.429. The van der Waals surface area contributed by atoms with Crippen molar-refractivity contribution in [3.8, 4) is 10.6 Å². The van der Waals surface area contributed by atoms with Crippen molar-refractivity contribution in [2.45, 2.75) is 32.9 Å². The zero-order valence-corrected chi connectivity index (χ0v) is 14.4. The van der Waals surface area contributed by atoms with Gasteiger partial charge in [0.15, 0.2) is 0 Å². The molecule has 1 atom stereocenters. The van der Waals surface area contributed by atoms with Crippen molar-refractivity contribution in [2.75, 3.05) is 6.54 Å². The van der Waals surface area contributed by atoms with Crippen LogP contribution < -0.4 is 5.73 Å². The van der Waals surface area contributed by atoms with E-state index in [2.05, 4.69) is 16.4 Å². The first-order valence-corrected chi connectivity index (χ1v) is 8.32. The number of nitrogens with two attached hydrogens (primary N) is 1. The van der Waals surface area contributed by atoms with Crippen molar-refractivity contribution in [3.63, 3.8) is 0 Å². The van der Waals surface area contributed by atoms with Gasteiger partial charge < -0.3 is 10.6 Å². The molecule has 4 nitrogen and oxygen atoms in total. The first-order valence-electron chi connectivity index (χ1n) is 6.63. The van der Waals surface area contributed by atoms with Gasteiger partial charge in [-0.3, -0.25) is 4.79 Å². The second-order valence-corrected chi connectivity index (χ2v) is 7.31. The highest BCUT2D eigenvalue weighted by molar-refractivity contribution is 7.16. The summed E-state index contributed by atoms with van der Waals surface area (Å²) in [7, 11) is 0. The van der Waals surface area contributed by atoms with E-state index in [-0.39, 0.29) is 18.3 Å². The molecule has 114 valence electrons. The predicted molar refractivity (Wildman–Crippen MR) is 90.2 cm³/mol. The Bertz CT molecular complexity index is 650. The predicted octanol–water partition coefficient (Wildman–Crippen LogP) is 2.83. The molecule has 0 unspecified atom stereocenters. The summed E-state index contributed by atoms with van der Waals surface area (Å²) in [5.41, 5.74) is 7.99. The molecule has 2 aromatic heterocycles. The van der Waals surface area contributed by atoms with Crippen LogP contribution in [-0.4, -0.2) is 28.4 Å². The van der Waals surface area contributed by atoms with E-state index in [9.17, 15) is 4.79 Å². The summed E-state index contributed by atoms with van der Waals surface area (Å²) in [6.07, 6.45) is 0.918. The molecule has 2 aromatic rings. The summed E-state index contributed by atoms with van der Waals surface area (Å²) in [6, 6.07) is 1.76. The number of aromatic nitrogens is 1. The molecule has 2 N–H and O–H groups in total. The van der Waals surface area contributed by atoms with Crippen molar-refractivity contribution in [1.82, 2.24) is 9.88 Å². The van der Waals surface area contributed by atoms with Crippen LogP contribution in [0.2, 0.25) is 0 Å². The first kappa shape index (κ1) is 16.4. The number of rotatable bonds is 2. The highest BCUT2D eigenvalue weighted by atomic mass is 35.5. The summed E-state index contributed by atoms with van der Waals surface area (Å²) in [6.45, 7) is 5.21. The SMILES string of the molecule is Cc1nc(-c2cc3c(s2)CCN(C(=O)[C@@H](C)N)C3)cs1.Cl. The van der Waals surface area contributed by atoms with Crippen LogP contribution in [0.1, 0.15) is 22.4 Å². The molecule has 0 spiro atoms. The minimum atomic E-state index is -0.421. The van der Waals surface area contributed by atoms with E-state index < -0.39 is 6.04 Å². The Morgan fingerprint density at radius 2 is 2.29 bits per heavy atom. The number of halogens is 1. The number of aryl methyl sites for hydroxylation is 1. The van der Waals surface area contributed by atoms with Gasteiger partial charge in [-0.25, -0.2) is 4.98 Å². The molecular formula is C14H18ClN3OS2. The molecule has 21 heavy (non-hydrogen) atoms. The quantitative estimate of drug-likeness (QED) is 0.912. The largest absolute Gasteiger partial charge is 0.337 e. The van der Waals surface area contributed by atoms with Gasteiger partial charge in [0, 0.05) is 23.3 Å². The van der Waals surface area contributed by atoms with Crippen LogP contribution in [0.25, 0.3) is 10.6 Å². The molecule has 0 bridgehead atoms. The van der Waals surface area contributed by atoms with E-state index in [0.717, 1.165) is 23.7 Å². The summed E-state index contributed by atoms with van der Waals surface area (Å²) < 4.78 is 0. The number of thiazole rings is 1. The van der Waals surface area contributed by atoms with Crippen LogP contribution in [0.3, 0.4) is 0 Å². The van der Waals surface area contributed by atoms with Crippen molar-refractivity contribution in [1.29, 1.82) is 0 Å². The molecule has 0 fully saturated rings. The molecule has 0 saturated carbocycles. The van der Waals surface area contributed by atoms with E-state index in [1.54, 1.807) is 29.6 Å². The number of hydrogen-bond acceptors (Lipinski definition) is 5. The van der Waals surface area contributed by atoms with Crippen LogP contribution in [0.5, 0.6) is 0 Å². The topological polar surface area (TPSA) is 59.2 Å². The second kappa shape index (κ2) is 6.44. The van der Waals surface area contributed by atoms with Gasteiger partial charge in [0.1, 0.15) is 0 Å². The lowest BCUT2D eigenvalue weighted by atomic mass is 10.1. The van der Waals surface area contributed by atoms with E-state index in [4.69, 9.17) is 5.73 Å². The van der Waals surface area contributed by atoms with Crippen molar-refractivity contribution in [2.24, 2.45) is 5.73 Å². The third kappa shape index (κ3) is 3.29. The van der Waals surface area contributed by atoms with E-state index in [1.807, 2.05) is 11.8 Å². The molecule has 1 amide bonds. The van der Waals surface area contributed by atoms with Gasteiger partial charge in [-0.1, -0.05) is 0 Å². The zero-order valence-electron chi connectivity index (χ0n) is 12.0. The lowest BCUT2D eigenvalue weighted by Crippen LogP contribution is -2.44. The Morgan fingerprint density at radius 1 is 1.52 bits per heavy atom. The summed E-state index contributed by atoms with van der Waals surface area (Å²) in [5.74, 6) is 0.0351. The number of fused-ring (bicyclic) bond motifs is 1. The van der Waals surface area contributed by atoms with Gasteiger partial charge in [-0.05, 0) is 31.9 Å². The van der Waals surface area contributed by atoms with Crippen LogP contribution >= 0.6 is 35.1 Å². The van der Waals surface area contributed by atoms with Crippen molar-refractivity contribution < 1.29 is 4.79 Å². The number of hydrogen-bond donors (Lipinski definition) is 1. The summed E-state index contributed by atoms with van der Waals surface area (Å²) in [5, 5.41) is 3.18. The maximum atomic E-state index is 12.0. The Labute approximate surface area is 138 Å². The van der Waals surface area contributed by atoms with E-state index in [1.165, 1.54) is 15.3 Å². The van der Waals surface area contributed by atoms with Gasteiger partial charge in [0.2, 0.25) is 5.91 Å². The lowest BCUT2D eigenvalue weighted by molar-refractivity contribution is -0.133. The number of thiophene rings is 1. The Kier molecular flexibility index (Phi) is 5.03. The van der Waals surface area contributed by atoms with Gasteiger partial charge in [0.05, 0.1) is 21.6 Å². The van der Waals surface area contributed by atoms with E-state index >= 15 is 0 Å². The molecule has 1 aliphatic rings. The number of amides is 1. The fourth-order valence-corrected chi connectivity index (χ4v) is 4.22. The normalized spacial score (nSPS) is 15.3. The molecule has 0 radical (unpaired) electrons. The monoisotopic (exact) mass is 343 g/mol. The molecule has 0 saturated heterocycles. The smallest absolute Gasteiger partial charge is 0.239 e. The molecule has 7 heteroatoms. The molecule has 0 aliphatic carbocycles. The second-order valence-electron chi connectivity index (χ2n) is 5.11. The Hall–Kier alpha value is -0.950. The molecule has 3 rings (SSSR count). The third-order valence-corrected chi connectivity index (χ3v) is 5.47. The number of carbonyl (C=O) groups is 1. The van der Waals surface area contributed by atoms with Gasteiger partial charge >= 0.3 is 0 Å². The van der Waals surface area contributed by atoms with Gasteiger partial charge in [0.25, 0.3) is 0 Å². The maximum absolute atomic E-state index is 12.0. The number of carbonyl (C=O) groups excluding carboxylic acids is 1. The molecular weight excluding hydrogens is 326 g/mol. The lowest BCUT2D eigenvalue weighted by Gasteiger charge is -2.28. The first-order chi connectivity index (χ1) is 9.54. The fourth-order valence-electron chi connectivity index (χ4n) is 2.41. The van der Waals surface area contributed by atoms with Crippen LogP contribution in [0, 0.1) is 6.92 Å². The minimum Gasteiger partial charge on any atom is -0.337 e. The Morgan fingerprint density at radius 3 is 2.90 bits per heavy atom. The minimum absolute atomic E-state index is 0. The van der Waals surface area contributed by atoms with Crippen LogP contribution in [0.4, 0.5) is 0 Å². The summed E-state index contributed by atoms with van der Waals surface area (Å²) >= 11 is 3.47. The van der Waals surface area contributed by atoms with Crippen molar-refractivity contribution >= 4 is 41.0 Å². The highest BCUT2D eigenvalue weighted by Gasteiger charge is 2.25. The van der Waals surface area contributed by atoms with Gasteiger partial charge in [-0.2, -0.15) is 0 Å². The standard InChI is InChI=1S/C14H17N3OS2.ClH/c1-8(15)14(18)17-4-3-12-10(6-17)5-13(20-12)11-7-19-9(2)16-11;/h5,7-8H,3-4,6,15H2,1-2H3;1H/t8-;/m1./s1. The average molecular weight is 344 g/mol. The summed E-state index contributed by atoms with van der Waals surface area (Å²) in [4.78, 5) is 21.0. The number of nitrogens with zero attached hydrogens (tertiary/aromatic N) is 2.